The molecular weight excluding hydrogens is 374 g/mol. The van der Waals surface area contributed by atoms with Crippen molar-refractivity contribution >= 4 is 21.6 Å². The highest BCUT2D eigenvalue weighted by Gasteiger charge is 2.33. The number of carbonyl (C=O) groups excluding carboxylic acids is 1. The third kappa shape index (κ3) is 4.72. The van der Waals surface area contributed by atoms with Gasteiger partial charge in [-0.25, -0.2) is 8.42 Å². The molecule has 28 heavy (non-hydrogen) atoms. The molecule has 1 N–H and O–H groups in total. The van der Waals surface area contributed by atoms with E-state index in [-0.39, 0.29) is 16.7 Å². The Bertz CT molecular complexity index is 878. The van der Waals surface area contributed by atoms with Gasteiger partial charge >= 0.3 is 0 Å². The Morgan fingerprint density at radius 1 is 0.893 bits per heavy atom. The zero-order valence-electron chi connectivity index (χ0n) is 16.3. The number of para-hydroxylation sites is 1. The normalized spacial score (nSPS) is 16.2. The molecule has 0 bridgehead atoms. The molecule has 0 spiro atoms. The van der Waals surface area contributed by atoms with Crippen molar-refractivity contribution < 1.29 is 13.2 Å². The average Bonchev–Trinajstić information content (AvgIpc) is 2.73. The molecule has 0 aromatic heterocycles. The molecule has 1 amide bonds. The highest BCUT2D eigenvalue weighted by molar-refractivity contribution is 7.89. The molecule has 150 valence electrons. The minimum absolute atomic E-state index is 0.154. The van der Waals surface area contributed by atoms with Gasteiger partial charge in [0.25, 0.3) is 0 Å². The summed E-state index contributed by atoms with van der Waals surface area (Å²) in [5.41, 5.74) is 1.14. The van der Waals surface area contributed by atoms with Crippen LogP contribution in [0.2, 0.25) is 0 Å². The smallest absolute Gasteiger partial charge is 0.241 e. The first-order valence-corrected chi connectivity index (χ1v) is 11.0. The zero-order chi connectivity index (χ0) is 20.1. The quantitative estimate of drug-likeness (QED) is 0.807. The highest BCUT2D eigenvalue weighted by atomic mass is 32.2. The average molecular weight is 402 g/mol. The summed E-state index contributed by atoms with van der Waals surface area (Å²) in [5.74, 6) is -0.319. The van der Waals surface area contributed by atoms with E-state index in [1.165, 1.54) is 12.1 Å². The molecule has 1 heterocycles. The maximum absolute atomic E-state index is 13.1. The lowest BCUT2D eigenvalue weighted by Crippen LogP contribution is -2.56. The van der Waals surface area contributed by atoms with Crippen LogP contribution in [-0.2, 0) is 14.8 Å². The Labute approximate surface area is 167 Å². The van der Waals surface area contributed by atoms with Crippen molar-refractivity contribution in [3.8, 4) is 0 Å². The highest BCUT2D eigenvalue weighted by Crippen LogP contribution is 2.18. The van der Waals surface area contributed by atoms with Gasteiger partial charge in [0.1, 0.15) is 6.04 Å². The molecule has 6 nitrogen and oxygen atoms in total. The van der Waals surface area contributed by atoms with Crippen LogP contribution in [0.25, 0.3) is 0 Å². The van der Waals surface area contributed by atoms with Crippen LogP contribution < -0.4 is 9.62 Å². The van der Waals surface area contributed by atoms with Crippen LogP contribution >= 0.6 is 0 Å². The number of amides is 1. The van der Waals surface area contributed by atoms with Gasteiger partial charge in [-0.1, -0.05) is 50.2 Å². The van der Waals surface area contributed by atoms with Crippen LogP contribution in [-0.4, -0.2) is 51.4 Å². The van der Waals surface area contributed by atoms with Crippen LogP contribution in [0, 0.1) is 5.92 Å². The lowest BCUT2D eigenvalue weighted by Gasteiger charge is -2.38. The summed E-state index contributed by atoms with van der Waals surface area (Å²) in [6, 6.07) is 17.5. The number of benzene rings is 2. The summed E-state index contributed by atoms with van der Waals surface area (Å²) in [6.45, 7) is 6.32. The van der Waals surface area contributed by atoms with Gasteiger partial charge in [-0.3, -0.25) is 4.79 Å². The molecule has 0 saturated carbocycles. The second kappa shape index (κ2) is 8.75. The fourth-order valence-corrected chi connectivity index (χ4v) is 4.69. The SMILES string of the molecule is CC(C)C(NS(=O)(=O)c1ccccc1)C(=O)N1CCN(c2ccccc2)CC1. The van der Waals surface area contributed by atoms with Gasteiger partial charge in [-0.15, -0.1) is 0 Å². The molecule has 7 heteroatoms. The molecule has 1 unspecified atom stereocenters. The van der Waals surface area contributed by atoms with Gasteiger partial charge in [0.15, 0.2) is 0 Å². The van der Waals surface area contributed by atoms with E-state index in [1.807, 2.05) is 32.0 Å². The van der Waals surface area contributed by atoms with E-state index in [0.29, 0.717) is 13.1 Å². The summed E-state index contributed by atoms with van der Waals surface area (Å²) < 4.78 is 28.0. The molecule has 2 aromatic carbocycles. The molecule has 3 rings (SSSR count). The van der Waals surface area contributed by atoms with Gasteiger partial charge < -0.3 is 9.80 Å². The van der Waals surface area contributed by atoms with Crippen LogP contribution in [0.4, 0.5) is 5.69 Å². The van der Waals surface area contributed by atoms with E-state index in [1.54, 1.807) is 23.1 Å². The van der Waals surface area contributed by atoms with Crippen molar-refractivity contribution in [3.63, 3.8) is 0 Å². The first kappa shape index (κ1) is 20.4. The molecule has 1 aliphatic rings. The number of rotatable bonds is 6. The minimum Gasteiger partial charge on any atom is -0.368 e. The fourth-order valence-electron chi connectivity index (χ4n) is 3.33. The van der Waals surface area contributed by atoms with Crippen LogP contribution in [0.15, 0.2) is 65.6 Å². The minimum atomic E-state index is -3.75. The zero-order valence-corrected chi connectivity index (χ0v) is 17.1. The van der Waals surface area contributed by atoms with Crippen LogP contribution in [0.5, 0.6) is 0 Å². The molecule has 0 radical (unpaired) electrons. The maximum Gasteiger partial charge on any atom is 0.241 e. The number of carbonyl (C=O) groups is 1. The molecule has 1 atom stereocenters. The second-order valence-corrected chi connectivity index (χ2v) is 9.02. The lowest BCUT2D eigenvalue weighted by molar-refractivity contribution is -0.134. The number of nitrogens with one attached hydrogen (secondary N) is 1. The predicted octanol–water partition coefficient (Wildman–Crippen LogP) is 2.34. The first-order valence-electron chi connectivity index (χ1n) is 9.54. The lowest BCUT2D eigenvalue weighted by atomic mass is 10.0. The standard InChI is InChI=1S/C21H27N3O3S/c1-17(2)20(22-28(26,27)19-11-7-4-8-12-19)21(25)24-15-13-23(14-16-24)18-9-5-3-6-10-18/h3-12,17,20,22H,13-16H2,1-2H3. The number of nitrogens with zero attached hydrogens (tertiary/aromatic N) is 2. The summed E-state index contributed by atoms with van der Waals surface area (Å²) in [5, 5.41) is 0. The van der Waals surface area contributed by atoms with Crippen LogP contribution in [0.3, 0.4) is 0 Å². The van der Waals surface area contributed by atoms with Crippen molar-refractivity contribution in [2.75, 3.05) is 31.1 Å². The maximum atomic E-state index is 13.1. The van der Waals surface area contributed by atoms with Gasteiger partial charge in [-0.2, -0.15) is 4.72 Å². The Morgan fingerprint density at radius 3 is 1.96 bits per heavy atom. The van der Waals surface area contributed by atoms with E-state index >= 15 is 0 Å². The Balaban J connectivity index is 1.67. The Morgan fingerprint density at radius 2 is 1.43 bits per heavy atom. The van der Waals surface area contributed by atoms with Crippen molar-refractivity contribution in [1.29, 1.82) is 0 Å². The molecule has 2 aromatic rings. The summed E-state index contributed by atoms with van der Waals surface area (Å²) in [6.07, 6.45) is 0. The van der Waals surface area contributed by atoms with E-state index in [0.717, 1.165) is 18.8 Å². The third-order valence-corrected chi connectivity index (χ3v) is 6.44. The predicted molar refractivity (Wildman–Crippen MR) is 111 cm³/mol. The van der Waals surface area contributed by atoms with Crippen molar-refractivity contribution in [2.24, 2.45) is 5.92 Å². The van der Waals surface area contributed by atoms with E-state index < -0.39 is 16.1 Å². The number of hydrogen-bond donors (Lipinski definition) is 1. The number of hydrogen-bond acceptors (Lipinski definition) is 4. The van der Waals surface area contributed by atoms with Crippen molar-refractivity contribution in [3.05, 3.63) is 60.7 Å². The van der Waals surface area contributed by atoms with Gasteiger partial charge in [0.05, 0.1) is 4.90 Å². The van der Waals surface area contributed by atoms with E-state index in [9.17, 15) is 13.2 Å². The van der Waals surface area contributed by atoms with Crippen LogP contribution in [0.1, 0.15) is 13.8 Å². The van der Waals surface area contributed by atoms with Crippen molar-refractivity contribution in [2.45, 2.75) is 24.8 Å². The number of piperazine rings is 1. The fraction of sp³-hybridized carbons (Fsp3) is 0.381. The number of anilines is 1. The van der Waals surface area contributed by atoms with Gasteiger partial charge in [0, 0.05) is 31.9 Å². The van der Waals surface area contributed by atoms with Gasteiger partial charge in [-0.05, 0) is 30.2 Å². The van der Waals surface area contributed by atoms with E-state index in [4.69, 9.17) is 0 Å². The van der Waals surface area contributed by atoms with E-state index in [2.05, 4.69) is 21.8 Å². The number of sulfonamides is 1. The summed E-state index contributed by atoms with van der Waals surface area (Å²) in [4.78, 5) is 17.2. The molecule has 1 saturated heterocycles. The largest absolute Gasteiger partial charge is 0.368 e. The molecule has 0 aliphatic carbocycles. The third-order valence-electron chi connectivity index (χ3n) is 4.98. The van der Waals surface area contributed by atoms with Crippen molar-refractivity contribution in [1.82, 2.24) is 9.62 Å². The topological polar surface area (TPSA) is 69.7 Å². The summed E-state index contributed by atoms with van der Waals surface area (Å²) >= 11 is 0. The van der Waals surface area contributed by atoms with Gasteiger partial charge in [0.2, 0.25) is 15.9 Å². The Kier molecular flexibility index (Phi) is 6.36. The Hall–Kier alpha value is -2.38. The molecule has 1 fully saturated rings. The summed E-state index contributed by atoms with van der Waals surface area (Å²) in [7, 11) is -3.75. The second-order valence-electron chi connectivity index (χ2n) is 7.30. The molecule has 1 aliphatic heterocycles. The molecular formula is C21H27N3O3S. The monoisotopic (exact) mass is 401 g/mol. The first-order chi connectivity index (χ1) is 13.4.